The van der Waals surface area contributed by atoms with Crippen LogP contribution in [0.3, 0.4) is 0 Å². The zero-order valence-corrected chi connectivity index (χ0v) is 17.3. The predicted octanol–water partition coefficient (Wildman–Crippen LogP) is 3.82. The van der Waals surface area contributed by atoms with Crippen LogP contribution < -0.4 is 19.7 Å². The molecule has 0 atom stereocenters. The second-order valence-electron chi connectivity index (χ2n) is 7.47. The molecule has 0 radical (unpaired) electrons. The zero-order valence-electron chi connectivity index (χ0n) is 17.3. The predicted molar refractivity (Wildman–Crippen MR) is 118 cm³/mol. The van der Waals surface area contributed by atoms with E-state index in [-0.39, 0.29) is 0 Å². The Morgan fingerprint density at radius 1 is 1.00 bits per heavy atom. The van der Waals surface area contributed by atoms with Crippen molar-refractivity contribution in [3.05, 3.63) is 78.2 Å². The van der Waals surface area contributed by atoms with Gasteiger partial charge < -0.3 is 19.7 Å². The van der Waals surface area contributed by atoms with Gasteiger partial charge in [0.15, 0.2) is 11.5 Å². The first-order chi connectivity index (χ1) is 14.8. The Morgan fingerprint density at radius 2 is 1.90 bits per heavy atom. The van der Waals surface area contributed by atoms with Crippen molar-refractivity contribution in [3.8, 4) is 11.5 Å². The summed E-state index contributed by atoms with van der Waals surface area (Å²) in [6, 6.07) is 16.6. The van der Waals surface area contributed by atoms with E-state index in [9.17, 15) is 0 Å². The normalized spacial score (nSPS) is 14.5. The molecule has 30 heavy (non-hydrogen) atoms. The van der Waals surface area contributed by atoms with Crippen LogP contribution in [0.2, 0.25) is 0 Å². The number of ether oxygens (including phenoxy) is 2. The summed E-state index contributed by atoms with van der Waals surface area (Å²) in [6.45, 7) is 3.32. The van der Waals surface area contributed by atoms with Gasteiger partial charge in [0, 0.05) is 49.8 Å². The van der Waals surface area contributed by atoms with Crippen molar-refractivity contribution >= 4 is 5.82 Å². The van der Waals surface area contributed by atoms with Gasteiger partial charge in [-0.1, -0.05) is 18.2 Å². The molecule has 1 aliphatic heterocycles. The molecular formula is C24H28N4O2. The standard InChI is InChI=1S/C24H28N4O2/c1-29-22-8-7-19(15-23(22)30-18-20-5-4-11-25-16-20)17-27-21-9-13-28(14-10-21)24-6-2-3-12-26-24/h2-8,11-12,15-16,21,27H,9-10,13-14,17-18H2,1H3. The highest BCUT2D eigenvalue weighted by Gasteiger charge is 2.19. The number of pyridine rings is 2. The molecule has 3 heterocycles. The number of hydrogen-bond acceptors (Lipinski definition) is 6. The third-order valence-electron chi connectivity index (χ3n) is 5.41. The molecule has 4 rings (SSSR count). The lowest BCUT2D eigenvalue weighted by Crippen LogP contribution is -2.42. The van der Waals surface area contributed by atoms with Crippen molar-refractivity contribution in [1.29, 1.82) is 0 Å². The molecule has 1 saturated heterocycles. The third-order valence-corrected chi connectivity index (χ3v) is 5.41. The van der Waals surface area contributed by atoms with Crippen LogP contribution in [0.4, 0.5) is 5.82 Å². The molecule has 3 aromatic rings. The Labute approximate surface area is 177 Å². The highest BCUT2D eigenvalue weighted by molar-refractivity contribution is 5.43. The maximum Gasteiger partial charge on any atom is 0.161 e. The Balaban J connectivity index is 1.30. The molecule has 6 heteroatoms. The summed E-state index contributed by atoms with van der Waals surface area (Å²) in [5.74, 6) is 2.57. The summed E-state index contributed by atoms with van der Waals surface area (Å²) >= 11 is 0. The van der Waals surface area contributed by atoms with Crippen molar-refractivity contribution in [2.24, 2.45) is 0 Å². The van der Waals surface area contributed by atoms with Crippen LogP contribution >= 0.6 is 0 Å². The molecule has 2 aromatic heterocycles. The van der Waals surface area contributed by atoms with E-state index in [2.05, 4.69) is 38.4 Å². The number of piperidine rings is 1. The van der Waals surface area contributed by atoms with Crippen molar-refractivity contribution in [3.63, 3.8) is 0 Å². The molecule has 6 nitrogen and oxygen atoms in total. The second kappa shape index (κ2) is 10.1. The average molecular weight is 405 g/mol. The highest BCUT2D eigenvalue weighted by Crippen LogP contribution is 2.29. The fourth-order valence-corrected chi connectivity index (χ4v) is 3.70. The summed E-state index contributed by atoms with van der Waals surface area (Å²) in [6.07, 6.45) is 7.65. The van der Waals surface area contributed by atoms with Crippen LogP contribution in [-0.2, 0) is 13.2 Å². The highest BCUT2D eigenvalue weighted by atomic mass is 16.5. The first-order valence-corrected chi connectivity index (χ1v) is 10.4. The van der Waals surface area contributed by atoms with Gasteiger partial charge in [-0.25, -0.2) is 4.98 Å². The topological polar surface area (TPSA) is 59.5 Å². The van der Waals surface area contributed by atoms with Crippen LogP contribution in [0, 0.1) is 0 Å². The van der Waals surface area contributed by atoms with Gasteiger partial charge in [-0.2, -0.15) is 0 Å². The van der Waals surface area contributed by atoms with Gasteiger partial charge in [0.1, 0.15) is 12.4 Å². The van der Waals surface area contributed by atoms with Crippen LogP contribution in [0.1, 0.15) is 24.0 Å². The first-order valence-electron chi connectivity index (χ1n) is 10.4. The number of rotatable bonds is 8. The van der Waals surface area contributed by atoms with E-state index in [0.29, 0.717) is 12.6 Å². The Kier molecular flexibility index (Phi) is 6.77. The number of methoxy groups -OCH3 is 1. The van der Waals surface area contributed by atoms with Crippen molar-refractivity contribution in [2.75, 3.05) is 25.1 Å². The molecule has 1 aliphatic rings. The van der Waals surface area contributed by atoms with E-state index in [0.717, 1.165) is 55.4 Å². The molecule has 0 bridgehead atoms. The Bertz CT molecular complexity index is 913. The van der Waals surface area contributed by atoms with Crippen molar-refractivity contribution in [2.45, 2.75) is 32.0 Å². The van der Waals surface area contributed by atoms with E-state index >= 15 is 0 Å². The summed E-state index contributed by atoms with van der Waals surface area (Å²) in [5.41, 5.74) is 2.21. The SMILES string of the molecule is COc1ccc(CNC2CCN(c3ccccn3)CC2)cc1OCc1cccnc1. The van der Waals surface area contributed by atoms with Crippen molar-refractivity contribution < 1.29 is 9.47 Å². The summed E-state index contributed by atoms with van der Waals surface area (Å²) in [7, 11) is 1.67. The van der Waals surface area contributed by atoms with Crippen LogP contribution in [0.15, 0.2) is 67.1 Å². The Morgan fingerprint density at radius 3 is 2.63 bits per heavy atom. The van der Waals surface area contributed by atoms with Crippen LogP contribution in [-0.4, -0.2) is 36.2 Å². The monoisotopic (exact) mass is 404 g/mol. The molecular weight excluding hydrogens is 376 g/mol. The van der Waals surface area contributed by atoms with Gasteiger partial charge >= 0.3 is 0 Å². The van der Waals surface area contributed by atoms with Gasteiger partial charge in [-0.3, -0.25) is 4.98 Å². The van der Waals surface area contributed by atoms with E-state index < -0.39 is 0 Å². The Hall–Kier alpha value is -3.12. The zero-order chi connectivity index (χ0) is 20.6. The second-order valence-corrected chi connectivity index (χ2v) is 7.47. The smallest absolute Gasteiger partial charge is 0.161 e. The minimum absolute atomic E-state index is 0.465. The molecule has 156 valence electrons. The number of hydrogen-bond donors (Lipinski definition) is 1. The van der Waals surface area contributed by atoms with Crippen molar-refractivity contribution in [1.82, 2.24) is 15.3 Å². The fourth-order valence-electron chi connectivity index (χ4n) is 3.70. The summed E-state index contributed by atoms with van der Waals surface area (Å²) in [4.78, 5) is 11.0. The molecule has 0 amide bonds. The van der Waals surface area contributed by atoms with E-state index in [1.807, 2.05) is 42.7 Å². The minimum atomic E-state index is 0.465. The maximum absolute atomic E-state index is 6.00. The average Bonchev–Trinajstić information content (AvgIpc) is 2.83. The summed E-state index contributed by atoms with van der Waals surface area (Å²) in [5, 5.41) is 3.69. The maximum atomic E-state index is 6.00. The quantitative estimate of drug-likeness (QED) is 0.616. The molecule has 1 aromatic carbocycles. The van der Waals surface area contributed by atoms with Gasteiger partial charge in [0.05, 0.1) is 7.11 Å². The van der Waals surface area contributed by atoms with Gasteiger partial charge in [0.2, 0.25) is 0 Å². The molecule has 0 spiro atoms. The number of anilines is 1. The largest absolute Gasteiger partial charge is 0.493 e. The lowest BCUT2D eigenvalue weighted by atomic mass is 10.0. The molecule has 1 fully saturated rings. The lowest BCUT2D eigenvalue weighted by Gasteiger charge is -2.33. The van der Waals surface area contributed by atoms with Crippen LogP contribution in [0.5, 0.6) is 11.5 Å². The van der Waals surface area contributed by atoms with Gasteiger partial charge in [-0.05, 0) is 48.7 Å². The third kappa shape index (κ3) is 5.27. The molecule has 0 aliphatic carbocycles. The minimum Gasteiger partial charge on any atom is -0.493 e. The molecule has 0 saturated carbocycles. The number of benzene rings is 1. The molecule has 1 N–H and O–H groups in total. The molecule has 0 unspecified atom stereocenters. The number of nitrogens with zero attached hydrogens (tertiary/aromatic N) is 3. The van der Waals surface area contributed by atoms with Gasteiger partial charge in [-0.15, -0.1) is 0 Å². The van der Waals surface area contributed by atoms with E-state index in [4.69, 9.17) is 9.47 Å². The number of aromatic nitrogens is 2. The summed E-state index contributed by atoms with van der Waals surface area (Å²) < 4.78 is 11.5. The van der Waals surface area contributed by atoms with Gasteiger partial charge in [0.25, 0.3) is 0 Å². The number of nitrogens with one attached hydrogen (secondary N) is 1. The fraction of sp³-hybridized carbons (Fsp3) is 0.333. The lowest BCUT2D eigenvalue weighted by molar-refractivity contribution is 0.283. The van der Waals surface area contributed by atoms with E-state index in [1.54, 1.807) is 13.3 Å². The van der Waals surface area contributed by atoms with E-state index in [1.165, 1.54) is 5.56 Å². The first kappa shape index (κ1) is 20.2. The van der Waals surface area contributed by atoms with Crippen LogP contribution in [0.25, 0.3) is 0 Å².